The van der Waals surface area contributed by atoms with Crippen LogP contribution < -0.4 is 5.32 Å². The van der Waals surface area contributed by atoms with Crippen molar-refractivity contribution < 1.29 is 19.7 Å². The minimum atomic E-state index is -0.830. The van der Waals surface area contributed by atoms with E-state index < -0.39 is 5.97 Å². The van der Waals surface area contributed by atoms with Crippen LogP contribution in [-0.2, 0) is 9.68 Å². The highest BCUT2D eigenvalue weighted by Gasteiger charge is 2.06. The number of nitrogens with one attached hydrogen (secondary N) is 1. The number of carbonyl (C=O) groups excluding carboxylic acids is 2. The van der Waals surface area contributed by atoms with Crippen molar-refractivity contribution in [3.8, 4) is 0 Å². The molecule has 0 spiro atoms. The van der Waals surface area contributed by atoms with Crippen LogP contribution in [0.2, 0.25) is 0 Å². The van der Waals surface area contributed by atoms with Crippen molar-refractivity contribution in [1.82, 2.24) is 0 Å². The smallest absolute Gasteiger partial charge is 0.326 e. The summed E-state index contributed by atoms with van der Waals surface area (Å²) in [5.41, 5.74) is 0.809. The predicted molar refractivity (Wildman–Crippen MR) is 53.4 cm³/mol. The van der Waals surface area contributed by atoms with Gasteiger partial charge in [0.2, 0.25) is 5.91 Å². The molecule has 0 saturated carbocycles. The molecular formula is C10H11NO4. The van der Waals surface area contributed by atoms with Crippen LogP contribution in [0.1, 0.15) is 23.7 Å². The van der Waals surface area contributed by atoms with E-state index in [-0.39, 0.29) is 11.5 Å². The number of hydrogen-bond acceptors (Lipinski definition) is 4. The van der Waals surface area contributed by atoms with Crippen LogP contribution in [0.25, 0.3) is 0 Å². The highest BCUT2D eigenvalue weighted by molar-refractivity contribution is 5.92. The van der Waals surface area contributed by atoms with E-state index in [2.05, 4.69) is 10.2 Å². The Kier molecular flexibility index (Phi) is 3.82. The molecule has 80 valence electrons. The van der Waals surface area contributed by atoms with E-state index in [1.54, 1.807) is 19.1 Å². The van der Waals surface area contributed by atoms with Gasteiger partial charge in [0.25, 0.3) is 0 Å². The molecule has 1 amide bonds. The van der Waals surface area contributed by atoms with Crippen molar-refractivity contribution >= 4 is 17.6 Å². The molecule has 0 aliphatic heterocycles. The largest absolute Gasteiger partial charge is 0.372 e. The highest BCUT2D eigenvalue weighted by atomic mass is 17.1. The molecule has 15 heavy (non-hydrogen) atoms. The summed E-state index contributed by atoms with van der Waals surface area (Å²) in [4.78, 5) is 25.4. The molecule has 0 atom stereocenters. The van der Waals surface area contributed by atoms with Crippen LogP contribution in [0.3, 0.4) is 0 Å². The van der Waals surface area contributed by atoms with E-state index in [1.165, 1.54) is 12.1 Å². The van der Waals surface area contributed by atoms with Crippen LogP contribution in [-0.4, -0.2) is 17.1 Å². The van der Waals surface area contributed by atoms with Crippen LogP contribution >= 0.6 is 0 Å². The topological polar surface area (TPSA) is 75.6 Å². The molecule has 0 bridgehead atoms. The Morgan fingerprint density at radius 3 is 2.40 bits per heavy atom. The van der Waals surface area contributed by atoms with Gasteiger partial charge in [0.15, 0.2) is 0 Å². The van der Waals surface area contributed by atoms with Gasteiger partial charge in [-0.05, 0) is 24.3 Å². The molecule has 0 fully saturated rings. The summed E-state index contributed by atoms with van der Waals surface area (Å²) in [5.74, 6) is -0.934. The van der Waals surface area contributed by atoms with E-state index in [0.717, 1.165) is 0 Å². The molecule has 0 radical (unpaired) electrons. The first-order chi connectivity index (χ1) is 7.17. The van der Waals surface area contributed by atoms with Crippen molar-refractivity contribution in [2.45, 2.75) is 13.3 Å². The lowest BCUT2D eigenvalue weighted by Gasteiger charge is -2.03. The second-order valence-electron chi connectivity index (χ2n) is 2.86. The van der Waals surface area contributed by atoms with Gasteiger partial charge in [-0.2, -0.15) is 5.26 Å². The third-order valence-electron chi connectivity index (χ3n) is 1.81. The lowest BCUT2D eigenvalue weighted by molar-refractivity contribution is -0.182. The van der Waals surface area contributed by atoms with E-state index >= 15 is 0 Å². The summed E-state index contributed by atoms with van der Waals surface area (Å²) >= 11 is 0. The second-order valence-corrected chi connectivity index (χ2v) is 2.86. The maximum Gasteiger partial charge on any atom is 0.372 e. The third kappa shape index (κ3) is 3.07. The van der Waals surface area contributed by atoms with E-state index in [1.807, 2.05) is 0 Å². The lowest BCUT2D eigenvalue weighted by Crippen LogP contribution is -2.09. The molecule has 0 unspecified atom stereocenters. The minimum absolute atomic E-state index is 0.104. The first-order valence-corrected chi connectivity index (χ1v) is 4.43. The lowest BCUT2D eigenvalue weighted by atomic mass is 10.2. The van der Waals surface area contributed by atoms with Gasteiger partial charge in [0, 0.05) is 12.1 Å². The van der Waals surface area contributed by atoms with Crippen molar-refractivity contribution in [3.05, 3.63) is 29.8 Å². The zero-order chi connectivity index (χ0) is 11.3. The fraction of sp³-hybridized carbons (Fsp3) is 0.200. The second kappa shape index (κ2) is 5.11. The molecule has 0 aliphatic carbocycles. The van der Waals surface area contributed by atoms with Crippen molar-refractivity contribution in [2.24, 2.45) is 0 Å². The standard InChI is InChI=1S/C10H11NO4/c1-2-9(12)11-8-5-3-7(4-6-8)10(13)15-14/h3-6,14H,2H2,1H3,(H,11,12). The first kappa shape index (κ1) is 11.2. The molecule has 5 heteroatoms. The van der Waals surface area contributed by atoms with Crippen LogP contribution in [0.4, 0.5) is 5.69 Å². The molecule has 1 aromatic rings. The van der Waals surface area contributed by atoms with E-state index in [0.29, 0.717) is 12.1 Å². The van der Waals surface area contributed by atoms with E-state index in [9.17, 15) is 9.59 Å². The fourth-order valence-corrected chi connectivity index (χ4v) is 0.992. The maximum absolute atomic E-state index is 11.0. The summed E-state index contributed by atoms with van der Waals surface area (Å²) in [5, 5.41) is 10.7. The number of amides is 1. The molecule has 0 aliphatic rings. The average Bonchev–Trinajstić information content (AvgIpc) is 2.29. The number of benzene rings is 1. The summed E-state index contributed by atoms with van der Waals surface area (Å²) in [6, 6.07) is 6.01. The molecule has 1 rings (SSSR count). The Morgan fingerprint density at radius 1 is 1.33 bits per heavy atom. The Bertz CT molecular complexity index is 358. The molecule has 0 saturated heterocycles. The van der Waals surface area contributed by atoms with Gasteiger partial charge >= 0.3 is 5.97 Å². The SMILES string of the molecule is CCC(=O)Nc1ccc(C(=O)OO)cc1. The summed E-state index contributed by atoms with van der Waals surface area (Å²) in [7, 11) is 0. The summed E-state index contributed by atoms with van der Waals surface area (Å²) < 4.78 is 0. The van der Waals surface area contributed by atoms with Crippen molar-refractivity contribution in [3.63, 3.8) is 0 Å². The van der Waals surface area contributed by atoms with Gasteiger partial charge in [-0.25, -0.2) is 4.79 Å². The van der Waals surface area contributed by atoms with Gasteiger partial charge < -0.3 is 5.32 Å². The molecular weight excluding hydrogens is 198 g/mol. The molecule has 2 N–H and O–H groups in total. The van der Waals surface area contributed by atoms with Gasteiger partial charge in [-0.15, -0.1) is 0 Å². The van der Waals surface area contributed by atoms with Crippen molar-refractivity contribution in [1.29, 1.82) is 0 Å². The Balaban J connectivity index is 2.72. The quantitative estimate of drug-likeness (QED) is 0.586. The maximum atomic E-state index is 11.0. The molecule has 0 heterocycles. The van der Waals surface area contributed by atoms with Gasteiger partial charge in [-0.1, -0.05) is 6.92 Å². The number of hydrogen-bond donors (Lipinski definition) is 2. The Morgan fingerprint density at radius 2 is 1.93 bits per heavy atom. The van der Waals surface area contributed by atoms with Crippen LogP contribution in [0.15, 0.2) is 24.3 Å². The average molecular weight is 209 g/mol. The number of rotatable bonds is 3. The first-order valence-electron chi connectivity index (χ1n) is 4.43. The zero-order valence-electron chi connectivity index (χ0n) is 8.19. The predicted octanol–water partition coefficient (Wildman–Crippen LogP) is 1.66. The van der Waals surface area contributed by atoms with Gasteiger partial charge in [0.1, 0.15) is 0 Å². The monoisotopic (exact) mass is 209 g/mol. The van der Waals surface area contributed by atoms with Gasteiger partial charge in [0.05, 0.1) is 5.56 Å². The minimum Gasteiger partial charge on any atom is -0.326 e. The Hall–Kier alpha value is -1.88. The highest BCUT2D eigenvalue weighted by Crippen LogP contribution is 2.10. The van der Waals surface area contributed by atoms with Crippen LogP contribution in [0, 0.1) is 0 Å². The van der Waals surface area contributed by atoms with Gasteiger partial charge in [-0.3, -0.25) is 9.68 Å². The van der Waals surface area contributed by atoms with Crippen molar-refractivity contribution in [2.75, 3.05) is 5.32 Å². The molecule has 1 aromatic carbocycles. The summed E-state index contributed by atoms with van der Waals surface area (Å²) in [6.07, 6.45) is 0.389. The van der Waals surface area contributed by atoms with E-state index in [4.69, 9.17) is 5.26 Å². The summed E-state index contributed by atoms with van der Waals surface area (Å²) in [6.45, 7) is 1.74. The molecule has 5 nitrogen and oxygen atoms in total. The normalized spacial score (nSPS) is 9.47. The number of carbonyl (C=O) groups is 2. The fourth-order valence-electron chi connectivity index (χ4n) is 0.992. The Labute approximate surface area is 86.6 Å². The zero-order valence-corrected chi connectivity index (χ0v) is 8.19. The third-order valence-corrected chi connectivity index (χ3v) is 1.81. The number of anilines is 1. The molecule has 0 aromatic heterocycles. The van der Waals surface area contributed by atoms with Crippen LogP contribution in [0.5, 0.6) is 0 Å².